The summed E-state index contributed by atoms with van der Waals surface area (Å²) < 4.78 is 26.5. The van der Waals surface area contributed by atoms with Crippen LogP contribution in [0.4, 0.5) is 5.69 Å². The molecule has 0 saturated carbocycles. The van der Waals surface area contributed by atoms with Crippen LogP contribution in [0.3, 0.4) is 0 Å². The lowest BCUT2D eigenvalue weighted by Gasteiger charge is -2.18. The number of nitrogens with one attached hydrogen (secondary N) is 1. The second kappa shape index (κ2) is 9.40. The van der Waals surface area contributed by atoms with Crippen LogP contribution in [-0.4, -0.2) is 49.1 Å². The molecule has 2 aromatic rings. The lowest BCUT2D eigenvalue weighted by molar-refractivity contribution is -0.128. The average Bonchev–Trinajstić information content (AvgIpc) is 3.14. The van der Waals surface area contributed by atoms with Crippen molar-refractivity contribution >= 4 is 27.5 Å². The van der Waals surface area contributed by atoms with Crippen LogP contribution in [0.25, 0.3) is 0 Å². The molecule has 0 atom stereocenters. The van der Waals surface area contributed by atoms with Crippen LogP contribution in [0.1, 0.15) is 42.6 Å². The fourth-order valence-electron chi connectivity index (χ4n) is 3.48. The first kappa shape index (κ1) is 22.0. The van der Waals surface area contributed by atoms with Crippen molar-refractivity contribution in [2.45, 2.75) is 38.1 Å². The fraction of sp³-hybridized carbons (Fsp3) is 0.364. The number of nitrogens with zero attached hydrogens (tertiary/aromatic N) is 2. The molecule has 3 rings (SSSR count). The van der Waals surface area contributed by atoms with Gasteiger partial charge in [-0.1, -0.05) is 26.0 Å². The molecule has 1 aliphatic heterocycles. The third-order valence-electron chi connectivity index (χ3n) is 5.22. The number of sulfonamides is 1. The van der Waals surface area contributed by atoms with Crippen molar-refractivity contribution in [3.63, 3.8) is 0 Å². The zero-order valence-electron chi connectivity index (χ0n) is 17.3. The summed E-state index contributed by atoms with van der Waals surface area (Å²) in [6.07, 6.45) is 1.50. The lowest BCUT2D eigenvalue weighted by Crippen LogP contribution is -2.30. The maximum atomic E-state index is 12.5. The van der Waals surface area contributed by atoms with Crippen molar-refractivity contribution in [3.05, 3.63) is 59.7 Å². The molecule has 2 amide bonds. The van der Waals surface area contributed by atoms with Crippen molar-refractivity contribution in [1.82, 2.24) is 9.21 Å². The molecule has 30 heavy (non-hydrogen) atoms. The minimum atomic E-state index is -3.52. The number of rotatable bonds is 8. The van der Waals surface area contributed by atoms with Crippen LogP contribution in [0.2, 0.25) is 0 Å². The predicted molar refractivity (Wildman–Crippen MR) is 116 cm³/mol. The molecule has 0 aromatic heterocycles. The first-order valence-corrected chi connectivity index (χ1v) is 11.6. The van der Waals surface area contributed by atoms with Gasteiger partial charge >= 0.3 is 0 Å². The molecule has 1 heterocycles. The largest absolute Gasteiger partial charge is 0.338 e. The maximum absolute atomic E-state index is 12.5. The maximum Gasteiger partial charge on any atom is 0.255 e. The van der Waals surface area contributed by atoms with Gasteiger partial charge in [-0.2, -0.15) is 4.31 Å². The molecular formula is C22H27N3O4S. The molecule has 160 valence electrons. The van der Waals surface area contributed by atoms with Gasteiger partial charge in [0, 0.05) is 43.9 Å². The third kappa shape index (κ3) is 4.88. The number of benzene rings is 2. The Morgan fingerprint density at radius 3 is 2.20 bits per heavy atom. The highest BCUT2D eigenvalue weighted by atomic mass is 32.2. The standard InChI is InChI=1S/C22H27N3O4S/c1-3-25(4-2)30(28,29)20-13-11-19(12-14-20)23-22(27)18-9-7-17(8-10-18)16-24-15-5-6-21(24)26/h7-14H,3-6,15-16H2,1-2H3,(H,23,27). The van der Waals surface area contributed by atoms with E-state index in [2.05, 4.69) is 5.32 Å². The number of carbonyl (C=O) groups is 2. The van der Waals surface area contributed by atoms with Crippen LogP contribution in [0, 0.1) is 0 Å². The van der Waals surface area contributed by atoms with E-state index < -0.39 is 10.0 Å². The minimum absolute atomic E-state index is 0.170. The highest BCUT2D eigenvalue weighted by Crippen LogP contribution is 2.19. The van der Waals surface area contributed by atoms with Crippen LogP contribution >= 0.6 is 0 Å². The number of amides is 2. The molecule has 1 saturated heterocycles. The first-order valence-electron chi connectivity index (χ1n) is 10.1. The van der Waals surface area contributed by atoms with Crippen LogP contribution < -0.4 is 5.32 Å². The molecular weight excluding hydrogens is 402 g/mol. The third-order valence-corrected chi connectivity index (χ3v) is 7.28. The molecule has 0 spiro atoms. The Bertz CT molecular complexity index is 998. The number of likely N-dealkylation sites (tertiary alicyclic amines) is 1. The second-order valence-corrected chi connectivity index (χ2v) is 9.12. The predicted octanol–water partition coefficient (Wildman–Crippen LogP) is 3.09. The normalized spacial score (nSPS) is 14.4. The highest BCUT2D eigenvalue weighted by molar-refractivity contribution is 7.89. The van der Waals surface area contributed by atoms with Crippen molar-refractivity contribution in [2.24, 2.45) is 0 Å². The summed E-state index contributed by atoms with van der Waals surface area (Å²) in [5, 5.41) is 2.78. The summed E-state index contributed by atoms with van der Waals surface area (Å²) in [5.41, 5.74) is 1.99. The summed E-state index contributed by atoms with van der Waals surface area (Å²) in [6.45, 7) is 5.73. The fourth-order valence-corrected chi connectivity index (χ4v) is 4.94. The van der Waals surface area contributed by atoms with Crippen molar-refractivity contribution in [3.8, 4) is 0 Å². The first-order chi connectivity index (χ1) is 14.3. The lowest BCUT2D eigenvalue weighted by atomic mass is 10.1. The molecule has 8 heteroatoms. The Balaban J connectivity index is 1.63. The monoisotopic (exact) mass is 429 g/mol. The van der Waals surface area contributed by atoms with Gasteiger partial charge in [-0.25, -0.2) is 8.42 Å². The van der Waals surface area contributed by atoms with Gasteiger partial charge in [0.25, 0.3) is 5.91 Å². The van der Waals surface area contributed by atoms with E-state index in [0.29, 0.717) is 37.3 Å². The van der Waals surface area contributed by atoms with E-state index in [-0.39, 0.29) is 16.7 Å². The van der Waals surface area contributed by atoms with Crippen molar-refractivity contribution in [1.29, 1.82) is 0 Å². The minimum Gasteiger partial charge on any atom is -0.338 e. The molecule has 2 aromatic carbocycles. The van der Waals surface area contributed by atoms with Gasteiger partial charge in [0.05, 0.1) is 4.90 Å². The van der Waals surface area contributed by atoms with Crippen LogP contribution in [-0.2, 0) is 21.4 Å². The van der Waals surface area contributed by atoms with Gasteiger partial charge in [0.1, 0.15) is 0 Å². The second-order valence-electron chi connectivity index (χ2n) is 7.18. The number of anilines is 1. The number of carbonyl (C=O) groups excluding carboxylic acids is 2. The van der Waals surface area contributed by atoms with E-state index in [0.717, 1.165) is 18.5 Å². The SMILES string of the molecule is CCN(CC)S(=O)(=O)c1ccc(NC(=O)c2ccc(CN3CCCC3=O)cc2)cc1. The summed E-state index contributed by atoms with van der Waals surface area (Å²) in [5.74, 6) is -0.110. The topological polar surface area (TPSA) is 86.8 Å². The molecule has 1 fully saturated rings. The van der Waals surface area contributed by atoms with Gasteiger partial charge in [-0.15, -0.1) is 0 Å². The Kier molecular flexibility index (Phi) is 6.89. The van der Waals surface area contributed by atoms with Crippen molar-refractivity contribution in [2.75, 3.05) is 25.0 Å². The number of hydrogen-bond donors (Lipinski definition) is 1. The van der Waals surface area contributed by atoms with E-state index in [1.165, 1.54) is 16.4 Å². The Morgan fingerprint density at radius 2 is 1.67 bits per heavy atom. The zero-order valence-corrected chi connectivity index (χ0v) is 18.1. The molecule has 1 aliphatic rings. The molecule has 0 radical (unpaired) electrons. The molecule has 7 nitrogen and oxygen atoms in total. The zero-order chi connectivity index (χ0) is 21.7. The average molecular weight is 430 g/mol. The Morgan fingerprint density at radius 1 is 1.03 bits per heavy atom. The molecule has 0 aliphatic carbocycles. The van der Waals surface area contributed by atoms with Crippen LogP contribution in [0.5, 0.6) is 0 Å². The van der Waals surface area contributed by atoms with Gasteiger partial charge in [-0.3, -0.25) is 9.59 Å². The van der Waals surface area contributed by atoms with Gasteiger partial charge in [0.15, 0.2) is 0 Å². The van der Waals surface area contributed by atoms with E-state index >= 15 is 0 Å². The molecule has 0 bridgehead atoms. The summed E-state index contributed by atoms with van der Waals surface area (Å²) >= 11 is 0. The van der Waals surface area contributed by atoms with Gasteiger partial charge < -0.3 is 10.2 Å². The summed E-state index contributed by atoms with van der Waals surface area (Å²) in [7, 11) is -3.52. The quantitative estimate of drug-likeness (QED) is 0.699. The van der Waals surface area contributed by atoms with E-state index in [1.807, 2.05) is 17.0 Å². The molecule has 0 unspecified atom stereocenters. The van der Waals surface area contributed by atoms with Crippen molar-refractivity contribution < 1.29 is 18.0 Å². The number of hydrogen-bond acceptors (Lipinski definition) is 4. The Labute approximate surface area is 177 Å². The summed E-state index contributed by atoms with van der Waals surface area (Å²) in [4.78, 5) is 26.3. The Hall–Kier alpha value is -2.71. The smallest absolute Gasteiger partial charge is 0.255 e. The summed E-state index contributed by atoms with van der Waals surface area (Å²) in [6, 6.07) is 13.3. The van der Waals surface area contributed by atoms with E-state index in [1.54, 1.807) is 38.1 Å². The van der Waals surface area contributed by atoms with Crippen LogP contribution in [0.15, 0.2) is 53.4 Å². The highest BCUT2D eigenvalue weighted by Gasteiger charge is 2.22. The molecule has 1 N–H and O–H groups in total. The van der Waals surface area contributed by atoms with Gasteiger partial charge in [-0.05, 0) is 48.4 Å². The van der Waals surface area contributed by atoms with E-state index in [9.17, 15) is 18.0 Å². The van der Waals surface area contributed by atoms with Gasteiger partial charge in [0.2, 0.25) is 15.9 Å². The van der Waals surface area contributed by atoms with E-state index in [4.69, 9.17) is 0 Å².